The Balaban J connectivity index is 1.70. The van der Waals surface area contributed by atoms with Gasteiger partial charge < -0.3 is 10.1 Å². The van der Waals surface area contributed by atoms with E-state index >= 15 is 0 Å². The summed E-state index contributed by atoms with van der Waals surface area (Å²) in [6, 6.07) is 7.82. The minimum Gasteiger partial charge on any atom is -0.379 e. The van der Waals surface area contributed by atoms with E-state index in [1.165, 1.54) is 0 Å². The maximum absolute atomic E-state index is 5.44. The molecule has 32 heavy (non-hydrogen) atoms. The lowest BCUT2D eigenvalue weighted by atomic mass is 10.1. The highest BCUT2D eigenvalue weighted by Crippen LogP contribution is 2.34. The minimum absolute atomic E-state index is 0.753. The normalized spacial score (nSPS) is 15.0. The predicted molar refractivity (Wildman–Crippen MR) is 130 cm³/mol. The fourth-order valence-corrected chi connectivity index (χ4v) is 3.69. The van der Waals surface area contributed by atoms with Crippen molar-refractivity contribution < 1.29 is 4.74 Å². The molecule has 0 spiro atoms. The quantitative estimate of drug-likeness (QED) is 0.417. The number of morpholine rings is 1. The van der Waals surface area contributed by atoms with E-state index in [0.29, 0.717) is 0 Å². The fraction of sp³-hybridized carbons (Fsp3) is 0.333. The molecule has 3 aromatic heterocycles. The van der Waals surface area contributed by atoms with Gasteiger partial charge in [-0.2, -0.15) is 5.10 Å². The molecular weight excluding hydrogens is 402 g/mol. The highest BCUT2D eigenvalue weighted by Gasteiger charge is 2.20. The van der Waals surface area contributed by atoms with Crippen LogP contribution in [-0.2, 0) is 4.74 Å². The van der Waals surface area contributed by atoms with Crippen LogP contribution in [0.2, 0.25) is 0 Å². The number of hydrogen-bond donors (Lipinski definition) is 2. The van der Waals surface area contributed by atoms with Crippen LogP contribution < -0.4 is 5.32 Å². The van der Waals surface area contributed by atoms with Gasteiger partial charge >= 0.3 is 0 Å². The second-order valence-electron chi connectivity index (χ2n) is 7.79. The zero-order valence-corrected chi connectivity index (χ0v) is 18.6. The summed E-state index contributed by atoms with van der Waals surface area (Å²) in [4.78, 5) is 16.3. The van der Waals surface area contributed by atoms with Gasteiger partial charge in [-0.25, -0.2) is 4.98 Å². The lowest BCUT2D eigenvalue weighted by molar-refractivity contribution is 0.0398. The molecule has 0 aromatic carbocycles. The van der Waals surface area contributed by atoms with Crippen molar-refractivity contribution in [1.82, 2.24) is 25.1 Å². The third-order valence-electron chi connectivity index (χ3n) is 5.18. The number of hydrogen-bond acceptors (Lipinski definition) is 7. The number of fused-ring (bicyclic) bond motifs is 1. The molecule has 4 rings (SSSR count). The third kappa shape index (κ3) is 5.09. The summed E-state index contributed by atoms with van der Waals surface area (Å²) >= 11 is 0. The number of nitrogens with one attached hydrogen (secondary N) is 2. The Labute approximate surface area is 188 Å². The zero-order valence-electron chi connectivity index (χ0n) is 18.6. The molecule has 0 amide bonds. The van der Waals surface area contributed by atoms with Crippen LogP contribution >= 0.6 is 0 Å². The van der Waals surface area contributed by atoms with Gasteiger partial charge in [-0.3, -0.25) is 20.0 Å². The summed E-state index contributed by atoms with van der Waals surface area (Å²) in [5, 5.41) is 11.3. The number of allylic oxidation sites excluding steroid dienone is 2. The molecule has 2 N–H and O–H groups in total. The summed E-state index contributed by atoms with van der Waals surface area (Å²) in [7, 11) is 0. The Kier molecular flexibility index (Phi) is 7.03. The Bertz CT molecular complexity index is 1140. The molecule has 0 unspecified atom stereocenters. The number of pyridine rings is 2. The first kappa shape index (κ1) is 21.9. The molecule has 0 saturated carbocycles. The Morgan fingerprint density at radius 3 is 2.88 bits per heavy atom. The average molecular weight is 432 g/mol. The first-order valence-electron chi connectivity index (χ1n) is 10.8. The van der Waals surface area contributed by atoms with Gasteiger partial charge in [0.25, 0.3) is 0 Å². The van der Waals surface area contributed by atoms with Crippen LogP contribution in [0.15, 0.2) is 54.2 Å². The fourth-order valence-electron chi connectivity index (χ4n) is 3.69. The largest absolute Gasteiger partial charge is 0.379 e. The van der Waals surface area contributed by atoms with E-state index in [2.05, 4.69) is 32.0 Å². The van der Waals surface area contributed by atoms with Crippen LogP contribution in [0.5, 0.6) is 0 Å². The van der Waals surface area contributed by atoms with Gasteiger partial charge in [0, 0.05) is 38.1 Å². The predicted octanol–water partition coefficient (Wildman–Crippen LogP) is 3.77. The summed E-state index contributed by atoms with van der Waals surface area (Å²) < 4.78 is 5.44. The molecule has 0 aliphatic carbocycles. The Hall–Kier alpha value is -3.36. The number of ether oxygens (including phenoxy) is 1. The van der Waals surface area contributed by atoms with Crippen molar-refractivity contribution in [2.75, 3.05) is 44.7 Å². The van der Waals surface area contributed by atoms with Crippen LogP contribution in [-0.4, -0.2) is 70.2 Å². The molecule has 8 heteroatoms. The number of H-pyrrole nitrogens is 1. The average Bonchev–Trinajstić information content (AvgIpc) is 3.23. The highest BCUT2D eigenvalue weighted by atomic mass is 16.5. The zero-order chi connectivity index (χ0) is 22.3. The van der Waals surface area contributed by atoms with E-state index in [9.17, 15) is 0 Å². The van der Waals surface area contributed by atoms with Crippen molar-refractivity contribution in [3.8, 4) is 11.3 Å². The molecule has 166 valence electrons. The first-order valence-corrected chi connectivity index (χ1v) is 10.8. The lowest BCUT2D eigenvalue weighted by Crippen LogP contribution is -2.39. The summed E-state index contributed by atoms with van der Waals surface area (Å²) in [5.41, 5.74) is 5.88. The number of rotatable bonds is 8. The number of nitrogens with zero attached hydrogens (tertiary/aromatic N) is 5. The molecule has 4 heterocycles. The Morgan fingerprint density at radius 1 is 1.25 bits per heavy atom. The van der Waals surface area contributed by atoms with E-state index in [0.717, 1.165) is 84.6 Å². The standard InChI is InChI=1S/C24H29N7O/c1-4-6-21(27-17(2)3)23-22(20-9-8-18-19(28-20)7-5-10-25-18)24(30-29-23)26-11-12-31-13-15-32-16-14-31/h4-10H,1,11-16H2,2-3H3,(H2,26,29,30)/b21-6-. The van der Waals surface area contributed by atoms with Crippen LogP contribution in [0.25, 0.3) is 28.0 Å². The number of anilines is 1. The molecule has 0 atom stereocenters. The monoisotopic (exact) mass is 431 g/mol. The van der Waals surface area contributed by atoms with Gasteiger partial charge in [-0.05, 0) is 44.2 Å². The highest BCUT2D eigenvalue weighted by molar-refractivity contribution is 5.92. The molecule has 8 nitrogen and oxygen atoms in total. The molecule has 1 aliphatic rings. The van der Waals surface area contributed by atoms with E-state index in [-0.39, 0.29) is 0 Å². The summed E-state index contributed by atoms with van der Waals surface area (Å²) in [5.74, 6) is 0.753. The third-order valence-corrected chi connectivity index (χ3v) is 5.18. The number of aromatic amines is 1. The van der Waals surface area contributed by atoms with Gasteiger partial charge in [0.1, 0.15) is 0 Å². The second kappa shape index (κ2) is 10.3. The van der Waals surface area contributed by atoms with E-state index in [4.69, 9.17) is 14.7 Å². The second-order valence-corrected chi connectivity index (χ2v) is 7.79. The molecule has 1 fully saturated rings. The van der Waals surface area contributed by atoms with Crippen LogP contribution in [0.4, 0.5) is 5.82 Å². The van der Waals surface area contributed by atoms with Crippen LogP contribution in [0.1, 0.15) is 19.5 Å². The minimum atomic E-state index is 0.753. The van der Waals surface area contributed by atoms with Crippen molar-refractivity contribution in [2.45, 2.75) is 13.8 Å². The van der Waals surface area contributed by atoms with Gasteiger partial charge in [-0.1, -0.05) is 12.7 Å². The smallest absolute Gasteiger partial charge is 0.158 e. The number of aromatic nitrogens is 4. The van der Waals surface area contributed by atoms with Gasteiger partial charge in [0.05, 0.1) is 46.9 Å². The lowest BCUT2D eigenvalue weighted by Gasteiger charge is -2.26. The van der Waals surface area contributed by atoms with Crippen LogP contribution in [0, 0.1) is 0 Å². The topological polar surface area (TPSA) is 91.3 Å². The maximum atomic E-state index is 5.44. The van der Waals surface area contributed by atoms with Crippen molar-refractivity contribution in [3.63, 3.8) is 0 Å². The van der Waals surface area contributed by atoms with E-state index in [1.807, 2.05) is 44.2 Å². The van der Waals surface area contributed by atoms with E-state index < -0.39 is 0 Å². The van der Waals surface area contributed by atoms with Gasteiger partial charge in [0.15, 0.2) is 5.82 Å². The number of aliphatic imine (C=N–C) groups is 1. The molecule has 1 saturated heterocycles. The van der Waals surface area contributed by atoms with Crippen molar-refractivity contribution >= 4 is 28.3 Å². The van der Waals surface area contributed by atoms with Crippen molar-refractivity contribution in [2.24, 2.45) is 4.99 Å². The molecule has 1 aliphatic heterocycles. The van der Waals surface area contributed by atoms with Crippen molar-refractivity contribution in [1.29, 1.82) is 0 Å². The van der Waals surface area contributed by atoms with Gasteiger partial charge in [-0.15, -0.1) is 0 Å². The molecule has 3 aromatic rings. The van der Waals surface area contributed by atoms with Gasteiger partial charge in [0.2, 0.25) is 0 Å². The van der Waals surface area contributed by atoms with E-state index in [1.54, 1.807) is 12.3 Å². The van der Waals surface area contributed by atoms with Crippen LogP contribution in [0.3, 0.4) is 0 Å². The SMILES string of the molecule is C=C/C=C(\N=C(C)C)c1[nH]nc(NCCN2CCOCC2)c1-c1ccc2ncccc2n1. The first-order chi connectivity index (χ1) is 15.7. The molecule has 0 bridgehead atoms. The Morgan fingerprint density at radius 2 is 2.09 bits per heavy atom. The molecular formula is C24H29N7O. The summed E-state index contributed by atoms with van der Waals surface area (Å²) in [6.45, 7) is 13.0. The van der Waals surface area contributed by atoms with Crippen molar-refractivity contribution in [3.05, 3.63) is 54.9 Å². The summed E-state index contributed by atoms with van der Waals surface area (Å²) in [6.07, 6.45) is 5.38. The molecule has 0 radical (unpaired) electrons. The maximum Gasteiger partial charge on any atom is 0.158 e.